The first kappa shape index (κ1) is 21.6. The number of allylic oxidation sites excluding steroid dienone is 1. The van der Waals surface area contributed by atoms with Crippen LogP contribution in [0.3, 0.4) is 0 Å². The molecular weight excluding hydrogens is 399 g/mol. The van der Waals surface area contributed by atoms with Gasteiger partial charge < -0.3 is 14.9 Å². The van der Waals surface area contributed by atoms with Gasteiger partial charge in [0.15, 0.2) is 5.71 Å². The minimum atomic E-state index is -0.352. The third-order valence-electron chi connectivity index (χ3n) is 3.76. The van der Waals surface area contributed by atoms with Gasteiger partial charge in [0.1, 0.15) is 19.5 Å². The molecule has 5 nitrogen and oxygen atoms in total. The average Bonchev–Trinajstić information content (AvgIpc) is 2.70. The first-order chi connectivity index (χ1) is 13.5. The molecule has 0 aliphatic heterocycles. The van der Waals surface area contributed by atoms with Crippen molar-refractivity contribution in [2.24, 2.45) is 5.16 Å². The number of carbonyl (C=O) groups is 1. The van der Waals surface area contributed by atoms with Crippen molar-refractivity contribution >= 4 is 40.9 Å². The molecule has 0 aliphatic rings. The monoisotopic (exact) mass is 418 g/mol. The molecule has 146 valence electrons. The van der Waals surface area contributed by atoms with Gasteiger partial charge >= 0.3 is 0 Å². The summed E-state index contributed by atoms with van der Waals surface area (Å²) in [7, 11) is 2.92. The van der Waals surface area contributed by atoms with Gasteiger partial charge in [0.05, 0.1) is 0 Å². The first-order valence-electron chi connectivity index (χ1n) is 8.39. The number of rotatable bonds is 7. The van der Waals surface area contributed by atoms with Crippen molar-refractivity contribution in [3.63, 3.8) is 0 Å². The molecule has 2 aromatic carbocycles. The van der Waals surface area contributed by atoms with Gasteiger partial charge in [0.2, 0.25) is 0 Å². The normalized spacial score (nSPS) is 10.7. The van der Waals surface area contributed by atoms with Crippen LogP contribution in [0.4, 0.5) is 0 Å². The fourth-order valence-corrected chi connectivity index (χ4v) is 2.86. The van der Waals surface area contributed by atoms with Crippen LogP contribution >= 0.6 is 23.2 Å². The Morgan fingerprint density at radius 1 is 1.18 bits per heavy atom. The second-order valence-corrected chi connectivity index (χ2v) is 6.44. The summed E-state index contributed by atoms with van der Waals surface area (Å²) in [6.07, 6.45) is 1.67. The molecule has 7 heteroatoms. The lowest BCUT2D eigenvalue weighted by atomic mass is 10.0. The van der Waals surface area contributed by atoms with Crippen LogP contribution in [0.5, 0.6) is 0 Å². The van der Waals surface area contributed by atoms with E-state index in [-0.39, 0.29) is 18.2 Å². The molecule has 0 heterocycles. The Bertz CT molecular complexity index is 928. The number of carbonyl (C=O) groups excluding carboxylic acids is 1. The third-order valence-corrected chi connectivity index (χ3v) is 4.42. The number of amides is 1. The van der Waals surface area contributed by atoms with E-state index in [4.69, 9.17) is 32.8 Å². The molecule has 0 unspecified atom stereocenters. The zero-order valence-electron chi connectivity index (χ0n) is 15.8. The summed E-state index contributed by atoms with van der Waals surface area (Å²) in [6, 6.07) is 12.6. The Kier molecular flexibility index (Phi) is 8.15. The molecule has 0 fully saturated rings. The number of benzene rings is 2. The van der Waals surface area contributed by atoms with Crippen LogP contribution in [0.2, 0.25) is 10.0 Å². The summed E-state index contributed by atoms with van der Waals surface area (Å²) >= 11 is 12.3. The molecule has 0 aliphatic carbocycles. The molecule has 2 aromatic rings. The van der Waals surface area contributed by atoms with Gasteiger partial charge in [-0.3, -0.25) is 4.79 Å². The highest BCUT2D eigenvalue weighted by molar-refractivity contribution is 6.45. The highest BCUT2D eigenvalue weighted by Crippen LogP contribution is 2.25. The molecule has 0 aromatic heterocycles. The molecule has 2 rings (SSSR count). The zero-order chi connectivity index (χ0) is 20.5. The minimum Gasteiger partial charge on any atom is -0.485 e. The Balaban J connectivity index is 2.24. The second kappa shape index (κ2) is 10.6. The number of ether oxygens (including phenoxy) is 1. The maximum Gasteiger partial charge on any atom is 0.273 e. The molecule has 28 heavy (non-hydrogen) atoms. The smallest absolute Gasteiger partial charge is 0.273 e. The predicted octanol–water partition coefficient (Wildman–Crippen LogP) is 4.82. The summed E-state index contributed by atoms with van der Waals surface area (Å²) in [5, 5.41) is 7.45. The summed E-state index contributed by atoms with van der Waals surface area (Å²) in [5.74, 6) is 0.186. The second-order valence-electron chi connectivity index (χ2n) is 5.63. The van der Waals surface area contributed by atoms with Gasteiger partial charge in [-0.15, -0.1) is 0 Å². The van der Waals surface area contributed by atoms with Crippen LogP contribution in [-0.4, -0.2) is 25.8 Å². The zero-order valence-corrected chi connectivity index (χ0v) is 17.3. The lowest BCUT2D eigenvalue weighted by Crippen LogP contribution is -2.29. The van der Waals surface area contributed by atoms with E-state index in [0.717, 1.165) is 5.56 Å². The summed E-state index contributed by atoms with van der Waals surface area (Å²) < 4.78 is 5.77. The number of hydrogen-bond donors (Lipinski definition) is 1. The van der Waals surface area contributed by atoms with Gasteiger partial charge in [-0.25, -0.2) is 0 Å². The van der Waals surface area contributed by atoms with Crippen LogP contribution in [0.25, 0.3) is 6.08 Å². The van der Waals surface area contributed by atoms with Crippen LogP contribution in [0.1, 0.15) is 23.6 Å². The van der Waals surface area contributed by atoms with Crippen LogP contribution in [-0.2, 0) is 21.0 Å². The first-order valence-corrected chi connectivity index (χ1v) is 9.15. The Morgan fingerprint density at radius 2 is 1.86 bits per heavy atom. The summed E-state index contributed by atoms with van der Waals surface area (Å²) in [4.78, 5) is 16.9. The van der Waals surface area contributed by atoms with Crippen LogP contribution in [0.15, 0.2) is 59.1 Å². The van der Waals surface area contributed by atoms with E-state index < -0.39 is 0 Å². The van der Waals surface area contributed by atoms with E-state index in [1.54, 1.807) is 37.3 Å². The van der Waals surface area contributed by atoms with Crippen molar-refractivity contribution in [3.05, 3.63) is 80.7 Å². The minimum absolute atomic E-state index is 0.171. The average molecular weight is 419 g/mol. The molecule has 0 radical (unpaired) electrons. The molecule has 0 atom stereocenters. The molecular formula is C21H20Cl2N2O3. The molecule has 0 bridgehead atoms. The standard InChI is InChI=1S/C21H20Cl2N2O3/c1-14(11-12-17-18(22)9-6-10-19(17)23)28-13-15-7-4-5-8-16(15)20(25-27-3)21(26)24-2/h4-10,12H,13H2,1-3H3,(H,24,26). The van der Waals surface area contributed by atoms with Crippen LogP contribution < -0.4 is 5.32 Å². The number of nitrogens with one attached hydrogen (secondary N) is 1. The number of hydrogen-bond acceptors (Lipinski definition) is 4. The van der Waals surface area contributed by atoms with E-state index in [2.05, 4.69) is 16.2 Å². The van der Waals surface area contributed by atoms with Gasteiger partial charge in [0, 0.05) is 35.1 Å². The highest BCUT2D eigenvalue weighted by atomic mass is 35.5. The number of likely N-dealkylation sites (N-methyl/N-ethyl adjacent to an activating group) is 1. The molecule has 0 spiro atoms. The van der Waals surface area contributed by atoms with Crippen molar-refractivity contribution in [2.45, 2.75) is 13.5 Å². The largest absolute Gasteiger partial charge is 0.485 e. The highest BCUT2D eigenvalue weighted by Gasteiger charge is 2.17. The number of halogens is 2. The quantitative estimate of drug-likeness (QED) is 0.303. The SMILES string of the molecule is CNC(=O)C(=NOC)c1ccccc1COC(C)=C=Cc1c(Cl)cccc1Cl. The summed E-state index contributed by atoms with van der Waals surface area (Å²) in [6.45, 7) is 1.99. The van der Waals surface area contributed by atoms with Gasteiger partial charge in [-0.2, -0.15) is 0 Å². The number of oxime groups is 1. The Morgan fingerprint density at radius 3 is 2.50 bits per heavy atom. The predicted molar refractivity (Wildman–Crippen MR) is 112 cm³/mol. The fourth-order valence-electron chi connectivity index (χ4n) is 2.35. The fraction of sp³-hybridized carbons (Fsp3) is 0.190. The third kappa shape index (κ3) is 5.64. The molecule has 0 saturated heterocycles. The van der Waals surface area contributed by atoms with Gasteiger partial charge in [-0.1, -0.05) is 64.4 Å². The summed E-state index contributed by atoms with van der Waals surface area (Å²) in [5.41, 5.74) is 5.26. The maximum absolute atomic E-state index is 12.1. The van der Waals surface area contributed by atoms with Crippen molar-refractivity contribution in [1.29, 1.82) is 0 Å². The van der Waals surface area contributed by atoms with Crippen molar-refractivity contribution < 1.29 is 14.4 Å². The van der Waals surface area contributed by atoms with Crippen molar-refractivity contribution in [1.82, 2.24) is 5.32 Å². The lowest BCUT2D eigenvalue weighted by molar-refractivity contribution is -0.114. The lowest BCUT2D eigenvalue weighted by Gasteiger charge is -2.11. The van der Waals surface area contributed by atoms with E-state index >= 15 is 0 Å². The van der Waals surface area contributed by atoms with Gasteiger partial charge in [0.25, 0.3) is 5.91 Å². The molecule has 1 N–H and O–H groups in total. The van der Waals surface area contributed by atoms with E-state index in [9.17, 15) is 4.79 Å². The molecule has 0 saturated carbocycles. The Labute approximate surface area is 174 Å². The maximum atomic E-state index is 12.1. The van der Waals surface area contributed by atoms with E-state index in [1.807, 2.05) is 18.2 Å². The molecule has 1 amide bonds. The van der Waals surface area contributed by atoms with Gasteiger partial charge in [-0.05, 0) is 23.8 Å². The number of nitrogens with zero attached hydrogens (tertiary/aromatic N) is 1. The van der Waals surface area contributed by atoms with Crippen molar-refractivity contribution in [3.8, 4) is 0 Å². The van der Waals surface area contributed by atoms with Crippen LogP contribution in [0, 0.1) is 0 Å². The van der Waals surface area contributed by atoms with E-state index in [1.165, 1.54) is 14.2 Å². The topological polar surface area (TPSA) is 59.9 Å². The van der Waals surface area contributed by atoms with Crippen molar-refractivity contribution in [2.75, 3.05) is 14.2 Å². The van der Waals surface area contributed by atoms with E-state index in [0.29, 0.717) is 26.9 Å². The Hall–Kier alpha value is -2.72.